The molecular weight excluding hydrogens is 494 g/mol. The van der Waals surface area contributed by atoms with Gasteiger partial charge in [0.2, 0.25) is 0 Å². The van der Waals surface area contributed by atoms with Gasteiger partial charge in [0.15, 0.2) is 0 Å². The highest BCUT2D eigenvalue weighted by Crippen LogP contribution is 2.29. The van der Waals surface area contributed by atoms with Crippen molar-refractivity contribution in [2.75, 3.05) is 40.0 Å². The topological polar surface area (TPSA) is 110 Å². The SMILES string of the molecule is C=C(NC[C@H]1CCC[C@@H](C2C=CC=CC2)O1)/C(C)=C(\N=C/N)C(=O)N1CCC(N[C@@H]2CCOC[C@@H]2OC)CC1. The molecule has 3 heterocycles. The number of amides is 1. The molecule has 0 aromatic heterocycles. The molecule has 4 N–H and O–H groups in total. The Morgan fingerprint density at radius 1 is 1.23 bits per heavy atom. The van der Waals surface area contributed by atoms with Gasteiger partial charge in [-0.2, -0.15) is 0 Å². The molecule has 1 unspecified atom stereocenters. The highest BCUT2D eigenvalue weighted by molar-refractivity contribution is 5.95. The van der Waals surface area contributed by atoms with Crippen LogP contribution in [0.1, 0.15) is 51.9 Å². The highest BCUT2D eigenvalue weighted by Gasteiger charge is 2.32. The third-order valence-corrected chi connectivity index (χ3v) is 8.47. The minimum Gasteiger partial charge on any atom is -0.390 e. The van der Waals surface area contributed by atoms with Crippen molar-refractivity contribution in [1.29, 1.82) is 0 Å². The van der Waals surface area contributed by atoms with E-state index in [1.807, 2.05) is 11.8 Å². The number of nitrogens with zero attached hydrogens (tertiary/aromatic N) is 2. The Hall–Kier alpha value is -2.46. The third kappa shape index (κ3) is 8.03. The van der Waals surface area contributed by atoms with Crippen molar-refractivity contribution in [2.24, 2.45) is 16.6 Å². The average Bonchev–Trinajstić information content (AvgIpc) is 2.99. The standard InChI is InChI=1S/C30H47N5O4/c1-21(22(2)32-18-25-10-7-11-27(39-25)23-8-5-4-6-9-23)29(33-20-31)30(36)35-15-12-24(13-16-35)34-26-14-17-38-19-28(26)37-3/h4-6,8,20,23-28,32,34H,2,7,9-19H2,1,3H3,(H2,31,33)/b29-21-/t23?,25-,26-,27+,28+/m1/s1. The van der Waals surface area contributed by atoms with E-state index < -0.39 is 0 Å². The molecule has 216 valence electrons. The maximum atomic E-state index is 13.5. The molecule has 3 fully saturated rings. The number of carbonyl (C=O) groups excluding carboxylic acids is 1. The zero-order valence-corrected chi connectivity index (χ0v) is 23.6. The van der Waals surface area contributed by atoms with E-state index in [0.717, 1.165) is 51.6 Å². The van der Waals surface area contributed by atoms with E-state index >= 15 is 0 Å². The molecule has 9 nitrogen and oxygen atoms in total. The van der Waals surface area contributed by atoms with E-state index in [1.165, 1.54) is 6.34 Å². The number of rotatable bonds is 10. The lowest BCUT2D eigenvalue weighted by molar-refractivity contribution is -0.128. The van der Waals surface area contributed by atoms with Crippen LogP contribution >= 0.6 is 0 Å². The van der Waals surface area contributed by atoms with Gasteiger partial charge < -0.3 is 35.5 Å². The molecule has 39 heavy (non-hydrogen) atoms. The normalized spacial score (nSPS) is 30.8. The van der Waals surface area contributed by atoms with Gasteiger partial charge in [0.25, 0.3) is 5.91 Å². The lowest BCUT2D eigenvalue weighted by atomic mass is 9.89. The maximum Gasteiger partial charge on any atom is 0.272 e. The van der Waals surface area contributed by atoms with Crippen LogP contribution in [0.5, 0.6) is 0 Å². The van der Waals surface area contributed by atoms with Crippen LogP contribution in [-0.4, -0.2) is 87.5 Å². The maximum absolute atomic E-state index is 13.5. The van der Waals surface area contributed by atoms with E-state index in [4.69, 9.17) is 19.9 Å². The van der Waals surface area contributed by atoms with Gasteiger partial charge >= 0.3 is 0 Å². The number of aliphatic imine (C=N–C) groups is 1. The molecular formula is C30H47N5O4. The van der Waals surface area contributed by atoms with Crippen molar-refractivity contribution in [3.05, 3.63) is 47.9 Å². The molecule has 3 aliphatic heterocycles. The Balaban J connectivity index is 1.28. The summed E-state index contributed by atoms with van der Waals surface area (Å²) in [7, 11) is 1.73. The van der Waals surface area contributed by atoms with Gasteiger partial charge in [0.05, 0.1) is 31.3 Å². The number of piperidine rings is 1. The Morgan fingerprint density at radius 2 is 2.05 bits per heavy atom. The van der Waals surface area contributed by atoms with Crippen LogP contribution in [0.2, 0.25) is 0 Å². The number of nitrogens with two attached hydrogens (primary N) is 1. The first-order chi connectivity index (χ1) is 19.0. The molecule has 3 saturated heterocycles. The van der Waals surface area contributed by atoms with Crippen molar-refractivity contribution in [3.63, 3.8) is 0 Å². The Bertz CT molecular complexity index is 953. The van der Waals surface area contributed by atoms with E-state index in [9.17, 15) is 4.79 Å². The lowest BCUT2D eigenvalue weighted by Crippen LogP contribution is -2.54. The largest absolute Gasteiger partial charge is 0.390 e. The van der Waals surface area contributed by atoms with Gasteiger partial charge in [-0.05, 0) is 51.9 Å². The first-order valence-electron chi connectivity index (χ1n) is 14.5. The van der Waals surface area contributed by atoms with Gasteiger partial charge in [0, 0.05) is 62.6 Å². The summed E-state index contributed by atoms with van der Waals surface area (Å²) >= 11 is 0. The molecule has 1 aliphatic carbocycles. The van der Waals surface area contributed by atoms with Crippen LogP contribution in [-0.2, 0) is 19.0 Å². The molecule has 0 radical (unpaired) electrons. The highest BCUT2D eigenvalue weighted by atomic mass is 16.5. The summed E-state index contributed by atoms with van der Waals surface area (Å²) < 4.78 is 17.6. The van der Waals surface area contributed by atoms with Crippen molar-refractivity contribution in [3.8, 4) is 0 Å². The molecule has 0 saturated carbocycles. The summed E-state index contributed by atoms with van der Waals surface area (Å²) in [5.74, 6) is 0.339. The van der Waals surface area contributed by atoms with Crippen molar-refractivity contribution in [1.82, 2.24) is 15.5 Å². The second-order valence-electron chi connectivity index (χ2n) is 11.0. The predicted molar refractivity (Wildman–Crippen MR) is 154 cm³/mol. The van der Waals surface area contributed by atoms with Gasteiger partial charge in [-0.3, -0.25) is 4.79 Å². The van der Waals surface area contributed by atoms with Crippen LogP contribution in [0.4, 0.5) is 0 Å². The van der Waals surface area contributed by atoms with Crippen LogP contribution in [0.3, 0.4) is 0 Å². The predicted octanol–water partition coefficient (Wildman–Crippen LogP) is 2.81. The summed E-state index contributed by atoms with van der Waals surface area (Å²) in [6.45, 7) is 9.44. The molecule has 5 atom stereocenters. The monoisotopic (exact) mass is 541 g/mol. The van der Waals surface area contributed by atoms with Crippen LogP contribution in [0.25, 0.3) is 0 Å². The summed E-state index contributed by atoms with van der Waals surface area (Å²) in [4.78, 5) is 19.6. The fourth-order valence-corrected chi connectivity index (χ4v) is 6.01. The lowest BCUT2D eigenvalue weighted by Gasteiger charge is -2.38. The average molecular weight is 542 g/mol. The summed E-state index contributed by atoms with van der Waals surface area (Å²) in [6.07, 6.45) is 17.3. The van der Waals surface area contributed by atoms with Gasteiger partial charge in [-0.1, -0.05) is 30.9 Å². The third-order valence-electron chi connectivity index (χ3n) is 8.47. The Labute approximate surface area is 233 Å². The van der Waals surface area contributed by atoms with Crippen molar-refractivity contribution < 1.29 is 19.0 Å². The van der Waals surface area contributed by atoms with Crippen molar-refractivity contribution >= 4 is 12.2 Å². The molecule has 9 heteroatoms. The molecule has 0 aromatic carbocycles. The summed E-state index contributed by atoms with van der Waals surface area (Å²) in [5.41, 5.74) is 7.38. The first-order valence-corrected chi connectivity index (χ1v) is 14.5. The zero-order valence-electron chi connectivity index (χ0n) is 23.6. The number of hydrogen-bond acceptors (Lipinski definition) is 7. The van der Waals surface area contributed by atoms with E-state index in [0.29, 0.717) is 55.2 Å². The summed E-state index contributed by atoms with van der Waals surface area (Å²) in [6, 6.07) is 0.627. The second kappa shape index (κ2) is 14.8. The van der Waals surface area contributed by atoms with Gasteiger partial charge in [-0.25, -0.2) is 4.99 Å². The Kier molecular flexibility index (Phi) is 11.2. The molecule has 1 amide bonds. The smallest absolute Gasteiger partial charge is 0.272 e. The van der Waals surface area contributed by atoms with E-state index in [1.54, 1.807) is 7.11 Å². The van der Waals surface area contributed by atoms with Crippen LogP contribution in [0.15, 0.2) is 52.8 Å². The summed E-state index contributed by atoms with van der Waals surface area (Å²) in [5, 5.41) is 7.15. The molecule has 4 aliphatic rings. The van der Waals surface area contributed by atoms with Crippen LogP contribution < -0.4 is 16.4 Å². The Morgan fingerprint density at radius 3 is 2.77 bits per heavy atom. The van der Waals surface area contributed by atoms with Crippen molar-refractivity contribution in [2.45, 2.75) is 82.3 Å². The van der Waals surface area contributed by atoms with Gasteiger partial charge in [-0.15, -0.1) is 0 Å². The fourth-order valence-electron chi connectivity index (χ4n) is 6.01. The molecule has 0 spiro atoms. The fraction of sp³-hybridized carbons (Fsp3) is 0.667. The van der Waals surface area contributed by atoms with E-state index in [-0.39, 0.29) is 30.3 Å². The number of ether oxygens (including phenoxy) is 3. The van der Waals surface area contributed by atoms with E-state index in [2.05, 4.69) is 46.5 Å². The molecule has 4 rings (SSSR count). The number of allylic oxidation sites excluding steroid dienone is 4. The number of likely N-dealkylation sites (tertiary alicyclic amines) is 1. The number of carbonyl (C=O) groups is 1. The van der Waals surface area contributed by atoms with Gasteiger partial charge in [0.1, 0.15) is 5.70 Å². The molecule has 0 bridgehead atoms. The minimum absolute atomic E-state index is 0.0687. The number of hydrogen-bond donors (Lipinski definition) is 3. The molecule has 0 aromatic rings. The quantitative estimate of drug-likeness (QED) is 0.169. The second-order valence-corrected chi connectivity index (χ2v) is 11.0. The minimum atomic E-state index is -0.109. The van der Waals surface area contributed by atoms with Crippen LogP contribution in [0, 0.1) is 5.92 Å². The zero-order chi connectivity index (χ0) is 27.6. The number of methoxy groups -OCH3 is 1. The first kappa shape index (κ1) is 29.5. The number of nitrogens with one attached hydrogen (secondary N) is 2.